The third-order valence-electron chi connectivity index (χ3n) is 3.61. The summed E-state index contributed by atoms with van der Waals surface area (Å²) in [4.78, 5) is 17.2. The number of hydrogen-bond acceptors (Lipinski definition) is 3. The summed E-state index contributed by atoms with van der Waals surface area (Å²) in [7, 11) is 0. The molecule has 1 fully saturated rings. The van der Waals surface area contributed by atoms with Gasteiger partial charge in [0.05, 0.1) is 6.04 Å². The Balaban J connectivity index is 2.05. The standard InChI is InChI=1S/C14H21N3O/c1-3-11(2)16-14-7-6-12(9-15-14)13-5-4-8-17(13)10-18/h6-7,9-11,13H,3-5,8H2,1-2H3,(H,15,16)/t11-,13-/m0/s1. The van der Waals surface area contributed by atoms with E-state index in [1.54, 1.807) is 0 Å². The number of amides is 1. The van der Waals surface area contributed by atoms with Gasteiger partial charge in [0.2, 0.25) is 6.41 Å². The van der Waals surface area contributed by atoms with Crippen LogP contribution in [0.4, 0.5) is 5.82 Å². The summed E-state index contributed by atoms with van der Waals surface area (Å²) in [5.41, 5.74) is 1.13. The smallest absolute Gasteiger partial charge is 0.210 e. The van der Waals surface area contributed by atoms with E-state index < -0.39 is 0 Å². The zero-order valence-electron chi connectivity index (χ0n) is 11.1. The van der Waals surface area contributed by atoms with Gasteiger partial charge in [0, 0.05) is 18.8 Å². The molecule has 0 bridgehead atoms. The highest BCUT2D eigenvalue weighted by molar-refractivity contribution is 5.50. The minimum atomic E-state index is 0.215. The highest BCUT2D eigenvalue weighted by atomic mass is 16.1. The molecule has 0 saturated carbocycles. The van der Waals surface area contributed by atoms with E-state index in [0.717, 1.165) is 43.6 Å². The lowest BCUT2D eigenvalue weighted by molar-refractivity contribution is -0.118. The van der Waals surface area contributed by atoms with Gasteiger partial charge < -0.3 is 10.2 Å². The quantitative estimate of drug-likeness (QED) is 0.813. The lowest BCUT2D eigenvalue weighted by atomic mass is 10.1. The molecule has 98 valence electrons. The summed E-state index contributed by atoms with van der Waals surface area (Å²) in [6.45, 7) is 5.15. The van der Waals surface area contributed by atoms with Crippen molar-refractivity contribution in [3.63, 3.8) is 0 Å². The van der Waals surface area contributed by atoms with Crippen molar-refractivity contribution >= 4 is 12.2 Å². The van der Waals surface area contributed by atoms with Crippen LogP contribution in [0.15, 0.2) is 18.3 Å². The summed E-state index contributed by atoms with van der Waals surface area (Å²) in [5.74, 6) is 0.906. The van der Waals surface area contributed by atoms with E-state index in [9.17, 15) is 4.79 Å². The van der Waals surface area contributed by atoms with Gasteiger partial charge in [-0.1, -0.05) is 13.0 Å². The van der Waals surface area contributed by atoms with E-state index in [4.69, 9.17) is 0 Å². The number of nitrogens with zero attached hydrogens (tertiary/aromatic N) is 2. The Labute approximate surface area is 108 Å². The molecule has 1 aliphatic heterocycles. The molecule has 1 aromatic heterocycles. The van der Waals surface area contributed by atoms with Crippen molar-refractivity contribution in [3.05, 3.63) is 23.9 Å². The Kier molecular flexibility index (Phi) is 4.18. The first-order chi connectivity index (χ1) is 8.74. The van der Waals surface area contributed by atoms with Gasteiger partial charge in [-0.25, -0.2) is 4.98 Å². The molecule has 2 atom stereocenters. The molecule has 0 aromatic carbocycles. The molecule has 1 amide bonds. The van der Waals surface area contributed by atoms with E-state index in [2.05, 4.69) is 30.2 Å². The molecule has 1 saturated heterocycles. The van der Waals surface area contributed by atoms with Gasteiger partial charge in [-0.2, -0.15) is 0 Å². The number of anilines is 1. The Bertz CT molecular complexity index is 391. The summed E-state index contributed by atoms with van der Waals surface area (Å²) in [6.07, 6.45) is 6.03. The van der Waals surface area contributed by atoms with Crippen LogP contribution in [-0.4, -0.2) is 28.9 Å². The van der Waals surface area contributed by atoms with Crippen LogP contribution in [0.5, 0.6) is 0 Å². The van der Waals surface area contributed by atoms with Crippen LogP contribution in [0.3, 0.4) is 0 Å². The number of carbonyl (C=O) groups is 1. The van der Waals surface area contributed by atoms with Gasteiger partial charge in [0.25, 0.3) is 0 Å². The Morgan fingerprint density at radius 1 is 1.61 bits per heavy atom. The van der Waals surface area contributed by atoms with E-state index >= 15 is 0 Å². The minimum absolute atomic E-state index is 0.215. The number of aromatic nitrogens is 1. The van der Waals surface area contributed by atoms with Gasteiger partial charge in [-0.3, -0.25) is 4.79 Å². The minimum Gasteiger partial charge on any atom is -0.368 e. The first-order valence-corrected chi connectivity index (χ1v) is 6.68. The maximum absolute atomic E-state index is 10.9. The van der Waals surface area contributed by atoms with Crippen LogP contribution in [0.1, 0.15) is 44.7 Å². The van der Waals surface area contributed by atoms with Gasteiger partial charge in [-0.15, -0.1) is 0 Å². The van der Waals surface area contributed by atoms with Crippen molar-refractivity contribution in [2.75, 3.05) is 11.9 Å². The van der Waals surface area contributed by atoms with Crippen LogP contribution >= 0.6 is 0 Å². The fourth-order valence-corrected chi connectivity index (χ4v) is 2.32. The molecule has 1 N–H and O–H groups in total. The molecule has 0 spiro atoms. The second kappa shape index (κ2) is 5.85. The number of rotatable bonds is 5. The molecule has 1 aromatic rings. The van der Waals surface area contributed by atoms with Crippen LogP contribution in [0.25, 0.3) is 0 Å². The zero-order valence-corrected chi connectivity index (χ0v) is 11.1. The Hall–Kier alpha value is -1.58. The lowest BCUT2D eigenvalue weighted by Gasteiger charge is -2.20. The first-order valence-electron chi connectivity index (χ1n) is 6.68. The number of pyridine rings is 1. The van der Waals surface area contributed by atoms with Crippen LogP contribution in [0, 0.1) is 0 Å². The van der Waals surface area contributed by atoms with Crippen molar-refractivity contribution in [1.29, 1.82) is 0 Å². The predicted molar refractivity (Wildman–Crippen MR) is 72.4 cm³/mol. The van der Waals surface area contributed by atoms with Crippen molar-refractivity contribution in [2.45, 2.75) is 45.2 Å². The van der Waals surface area contributed by atoms with Crippen molar-refractivity contribution in [2.24, 2.45) is 0 Å². The molecule has 1 aliphatic rings. The molecule has 4 nitrogen and oxygen atoms in total. The molecule has 2 rings (SSSR count). The van der Waals surface area contributed by atoms with Crippen LogP contribution in [0.2, 0.25) is 0 Å². The number of carbonyl (C=O) groups excluding carboxylic acids is 1. The molecule has 18 heavy (non-hydrogen) atoms. The van der Waals surface area contributed by atoms with Crippen LogP contribution in [-0.2, 0) is 4.79 Å². The van der Waals surface area contributed by atoms with E-state index in [1.807, 2.05) is 17.2 Å². The van der Waals surface area contributed by atoms with Crippen molar-refractivity contribution in [1.82, 2.24) is 9.88 Å². The van der Waals surface area contributed by atoms with Crippen molar-refractivity contribution in [3.8, 4) is 0 Å². The lowest BCUT2D eigenvalue weighted by Crippen LogP contribution is -2.21. The molecule has 4 heteroatoms. The molecule has 2 heterocycles. The zero-order chi connectivity index (χ0) is 13.0. The second-order valence-electron chi connectivity index (χ2n) is 4.93. The monoisotopic (exact) mass is 247 g/mol. The maximum atomic E-state index is 10.9. The predicted octanol–water partition coefficient (Wildman–Crippen LogP) is 2.59. The summed E-state index contributed by atoms with van der Waals surface area (Å²) in [6, 6.07) is 4.72. The molecule has 0 radical (unpaired) electrons. The maximum Gasteiger partial charge on any atom is 0.210 e. The average Bonchev–Trinajstić information content (AvgIpc) is 2.87. The summed E-state index contributed by atoms with van der Waals surface area (Å²) in [5, 5.41) is 3.34. The largest absolute Gasteiger partial charge is 0.368 e. The topological polar surface area (TPSA) is 45.2 Å². The Morgan fingerprint density at radius 3 is 3.06 bits per heavy atom. The average molecular weight is 247 g/mol. The third kappa shape index (κ3) is 2.81. The number of hydrogen-bond donors (Lipinski definition) is 1. The van der Waals surface area contributed by atoms with E-state index in [0.29, 0.717) is 6.04 Å². The van der Waals surface area contributed by atoms with Gasteiger partial charge in [-0.05, 0) is 37.8 Å². The van der Waals surface area contributed by atoms with Crippen LogP contribution < -0.4 is 5.32 Å². The summed E-state index contributed by atoms with van der Waals surface area (Å²) >= 11 is 0. The molecular weight excluding hydrogens is 226 g/mol. The fourth-order valence-electron chi connectivity index (χ4n) is 2.32. The van der Waals surface area contributed by atoms with Gasteiger partial charge >= 0.3 is 0 Å². The molecule has 0 unspecified atom stereocenters. The van der Waals surface area contributed by atoms with Gasteiger partial charge in [0.15, 0.2) is 0 Å². The van der Waals surface area contributed by atoms with E-state index in [-0.39, 0.29) is 6.04 Å². The Morgan fingerprint density at radius 2 is 2.44 bits per heavy atom. The first kappa shape index (κ1) is 12.9. The normalized spacial score (nSPS) is 20.8. The summed E-state index contributed by atoms with van der Waals surface area (Å²) < 4.78 is 0. The highest BCUT2D eigenvalue weighted by Gasteiger charge is 2.24. The SMILES string of the molecule is CC[C@H](C)Nc1ccc([C@@H]2CCCN2C=O)cn1. The number of likely N-dealkylation sites (tertiary alicyclic amines) is 1. The highest BCUT2D eigenvalue weighted by Crippen LogP contribution is 2.30. The second-order valence-corrected chi connectivity index (χ2v) is 4.93. The molecule has 0 aliphatic carbocycles. The number of nitrogens with one attached hydrogen (secondary N) is 1. The third-order valence-corrected chi connectivity index (χ3v) is 3.61. The van der Waals surface area contributed by atoms with Crippen molar-refractivity contribution < 1.29 is 4.79 Å². The van der Waals surface area contributed by atoms with E-state index in [1.165, 1.54) is 0 Å². The van der Waals surface area contributed by atoms with Gasteiger partial charge in [0.1, 0.15) is 5.82 Å². The molecular formula is C14H21N3O. The fraction of sp³-hybridized carbons (Fsp3) is 0.571.